The Labute approximate surface area is 172 Å². The van der Waals surface area contributed by atoms with Gasteiger partial charge in [-0.15, -0.1) is 5.10 Å². The molecule has 1 aliphatic carbocycles. The van der Waals surface area contributed by atoms with E-state index in [0.29, 0.717) is 24.0 Å². The molecule has 0 saturated carbocycles. The predicted molar refractivity (Wildman–Crippen MR) is 114 cm³/mol. The van der Waals surface area contributed by atoms with Gasteiger partial charge in [0.1, 0.15) is 12.1 Å². The van der Waals surface area contributed by atoms with Crippen LogP contribution in [0.4, 0.5) is 23.4 Å². The zero-order chi connectivity index (χ0) is 20.5. The minimum absolute atomic E-state index is 0.198. The summed E-state index contributed by atoms with van der Waals surface area (Å²) in [6.07, 6.45) is 1.51. The van der Waals surface area contributed by atoms with E-state index in [1.54, 1.807) is 6.07 Å². The summed E-state index contributed by atoms with van der Waals surface area (Å²) in [6.45, 7) is 0. The largest absolute Gasteiger partial charge is 0.390 e. The Hall–Kier alpha value is -3.98. The Morgan fingerprint density at radius 1 is 1.03 bits per heavy atom. The fourth-order valence-electron chi connectivity index (χ4n) is 3.65. The second kappa shape index (κ2) is 7.45. The summed E-state index contributed by atoms with van der Waals surface area (Å²) in [6, 6.07) is 19.1. The Morgan fingerprint density at radius 3 is 2.70 bits per heavy atom. The highest BCUT2D eigenvalue weighted by atomic mass is 16.3. The van der Waals surface area contributed by atoms with E-state index in [1.807, 2.05) is 54.6 Å². The van der Waals surface area contributed by atoms with E-state index in [4.69, 9.17) is 5.73 Å². The van der Waals surface area contributed by atoms with Gasteiger partial charge in [0.25, 0.3) is 0 Å². The minimum Gasteiger partial charge on any atom is -0.390 e. The van der Waals surface area contributed by atoms with Crippen LogP contribution in [0.25, 0.3) is 5.82 Å². The van der Waals surface area contributed by atoms with E-state index in [-0.39, 0.29) is 12.0 Å². The molecule has 9 heteroatoms. The van der Waals surface area contributed by atoms with E-state index in [1.165, 1.54) is 11.0 Å². The van der Waals surface area contributed by atoms with Gasteiger partial charge in [-0.2, -0.15) is 9.67 Å². The van der Waals surface area contributed by atoms with Crippen LogP contribution < -0.4 is 16.4 Å². The van der Waals surface area contributed by atoms with Crippen molar-refractivity contribution in [3.05, 3.63) is 78.1 Å². The van der Waals surface area contributed by atoms with Crippen LogP contribution in [0.1, 0.15) is 17.2 Å². The molecule has 2 heterocycles. The lowest BCUT2D eigenvalue weighted by Crippen LogP contribution is -2.22. The SMILES string of the molecule is Nc1nc(Nc2ccccc2)nn1-c1cc(N[C@H]2c3ccccc3C[C@H]2O)ncn1. The average Bonchev–Trinajstić information content (AvgIpc) is 3.28. The first-order chi connectivity index (χ1) is 14.7. The predicted octanol–water partition coefficient (Wildman–Crippen LogP) is 2.45. The molecule has 0 bridgehead atoms. The molecule has 0 spiro atoms. The molecule has 2 atom stereocenters. The minimum atomic E-state index is -0.529. The number of fused-ring (bicyclic) bond motifs is 1. The lowest BCUT2D eigenvalue weighted by Gasteiger charge is -2.18. The third kappa shape index (κ3) is 3.42. The van der Waals surface area contributed by atoms with Crippen LogP contribution in [0, 0.1) is 0 Å². The van der Waals surface area contributed by atoms with E-state index in [2.05, 4.69) is 30.7 Å². The number of nitrogens with one attached hydrogen (secondary N) is 2. The lowest BCUT2D eigenvalue weighted by molar-refractivity contribution is 0.165. The zero-order valence-corrected chi connectivity index (χ0v) is 16.0. The molecule has 5 rings (SSSR count). The number of hydrogen-bond acceptors (Lipinski definition) is 8. The van der Waals surface area contributed by atoms with Crippen molar-refractivity contribution in [1.29, 1.82) is 0 Å². The van der Waals surface area contributed by atoms with Gasteiger partial charge in [0.05, 0.1) is 12.1 Å². The van der Waals surface area contributed by atoms with Crippen LogP contribution in [0.3, 0.4) is 0 Å². The molecule has 2 aromatic heterocycles. The quantitative estimate of drug-likeness (QED) is 0.402. The summed E-state index contributed by atoms with van der Waals surface area (Å²) < 4.78 is 1.44. The van der Waals surface area contributed by atoms with Crippen molar-refractivity contribution in [2.24, 2.45) is 0 Å². The van der Waals surface area contributed by atoms with Gasteiger partial charge in [-0.3, -0.25) is 0 Å². The highest BCUT2D eigenvalue weighted by Gasteiger charge is 2.31. The molecule has 0 aliphatic heterocycles. The molecule has 0 unspecified atom stereocenters. The average molecular weight is 400 g/mol. The Bertz CT molecular complexity index is 1180. The normalized spacial score (nSPS) is 17.5. The summed E-state index contributed by atoms with van der Waals surface area (Å²) in [4.78, 5) is 12.8. The van der Waals surface area contributed by atoms with Gasteiger partial charge in [0.2, 0.25) is 11.9 Å². The van der Waals surface area contributed by atoms with E-state index >= 15 is 0 Å². The van der Waals surface area contributed by atoms with Gasteiger partial charge in [0.15, 0.2) is 5.82 Å². The van der Waals surface area contributed by atoms with E-state index < -0.39 is 6.10 Å². The van der Waals surface area contributed by atoms with Crippen LogP contribution in [-0.4, -0.2) is 35.9 Å². The van der Waals surface area contributed by atoms with Crippen molar-refractivity contribution in [3.63, 3.8) is 0 Å². The summed E-state index contributed by atoms with van der Waals surface area (Å²) in [5.74, 6) is 1.60. The Morgan fingerprint density at radius 2 is 1.83 bits per heavy atom. The highest BCUT2D eigenvalue weighted by Crippen LogP contribution is 2.33. The molecule has 150 valence electrons. The van der Waals surface area contributed by atoms with Crippen molar-refractivity contribution in [2.45, 2.75) is 18.6 Å². The van der Waals surface area contributed by atoms with Crippen LogP contribution >= 0.6 is 0 Å². The summed E-state index contributed by atoms with van der Waals surface area (Å²) in [5, 5.41) is 21.3. The molecule has 0 fully saturated rings. The first-order valence-corrected chi connectivity index (χ1v) is 9.57. The smallest absolute Gasteiger partial charge is 0.248 e. The number of para-hydroxylation sites is 1. The number of benzene rings is 2. The molecule has 1 aliphatic rings. The molecule has 0 radical (unpaired) electrons. The molecule has 0 amide bonds. The maximum Gasteiger partial charge on any atom is 0.248 e. The van der Waals surface area contributed by atoms with Gasteiger partial charge in [-0.1, -0.05) is 42.5 Å². The van der Waals surface area contributed by atoms with Gasteiger partial charge >= 0.3 is 0 Å². The summed E-state index contributed by atoms with van der Waals surface area (Å²) in [5.41, 5.74) is 9.11. The fourth-order valence-corrected chi connectivity index (χ4v) is 3.65. The van der Waals surface area contributed by atoms with Gasteiger partial charge in [-0.05, 0) is 23.3 Å². The van der Waals surface area contributed by atoms with Crippen molar-refractivity contribution in [1.82, 2.24) is 24.7 Å². The maximum absolute atomic E-state index is 10.5. The number of aliphatic hydroxyl groups excluding tert-OH is 1. The summed E-state index contributed by atoms with van der Waals surface area (Å²) in [7, 11) is 0. The van der Waals surface area contributed by atoms with Gasteiger partial charge < -0.3 is 21.5 Å². The number of nitrogens with zero attached hydrogens (tertiary/aromatic N) is 5. The zero-order valence-electron chi connectivity index (χ0n) is 16.0. The number of nitrogen functional groups attached to an aromatic ring is 1. The van der Waals surface area contributed by atoms with Crippen LogP contribution in [0.5, 0.6) is 0 Å². The number of hydrogen-bond donors (Lipinski definition) is 4. The van der Waals surface area contributed by atoms with Crippen LogP contribution in [0.15, 0.2) is 67.0 Å². The molecule has 4 aromatic rings. The molecule has 9 nitrogen and oxygen atoms in total. The standard InChI is InChI=1S/C21H20N8O/c22-20-27-21(25-14-7-2-1-3-8-14)28-29(20)18-11-17(23-12-24-18)26-19-15-9-5-4-6-13(15)10-16(19)30/h1-9,11-12,16,19,30H,10H2,(H,23,24,26)(H3,22,25,27,28)/t16-,19+/m1/s1. The highest BCUT2D eigenvalue weighted by molar-refractivity contribution is 5.55. The number of aliphatic hydroxyl groups is 1. The van der Waals surface area contributed by atoms with Crippen LogP contribution in [-0.2, 0) is 6.42 Å². The van der Waals surface area contributed by atoms with E-state index in [0.717, 1.165) is 16.8 Å². The molecule has 5 N–H and O–H groups in total. The number of nitrogens with two attached hydrogens (primary N) is 1. The third-order valence-electron chi connectivity index (χ3n) is 5.04. The van der Waals surface area contributed by atoms with E-state index in [9.17, 15) is 5.11 Å². The fraction of sp³-hybridized carbons (Fsp3) is 0.143. The molecule has 0 saturated heterocycles. The van der Waals surface area contributed by atoms with Gasteiger partial charge in [-0.25, -0.2) is 9.97 Å². The summed E-state index contributed by atoms with van der Waals surface area (Å²) >= 11 is 0. The molecule has 30 heavy (non-hydrogen) atoms. The number of anilines is 4. The van der Waals surface area contributed by atoms with Crippen molar-refractivity contribution in [3.8, 4) is 5.82 Å². The first-order valence-electron chi connectivity index (χ1n) is 9.57. The Kier molecular flexibility index (Phi) is 4.49. The van der Waals surface area contributed by atoms with Gasteiger partial charge in [0, 0.05) is 18.2 Å². The molecular weight excluding hydrogens is 380 g/mol. The monoisotopic (exact) mass is 400 g/mol. The first kappa shape index (κ1) is 18.1. The van der Waals surface area contributed by atoms with Crippen molar-refractivity contribution < 1.29 is 5.11 Å². The van der Waals surface area contributed by atoms with Crippen LogP contribution in [0.2, 0.25) is 0 Å². The second-order valence-electron chi connectivity index (χ2n) is 7.05. The maximum atomic E-state index is 10.5. The molecule has 2 aromatic carbocycles. The van der Waals surface area contributed by atoms with Crippen molar-refractivity contribution in [2.75, 3.05) is 16.4 Å². The number of rotatable bonds is 5. The third-order valence-corrected chi connectivity index (χ3v) is 5.04. The lowest BCUT2D eigenvalue weighted by atomic mass is 10.1. The second-order valence-corrected chi connectivity index (χ2v) is 7.05. The van der Waals surface area contributed by atoms with Crippen molar-refractivity contribution >= 4 is 23.4 Å². The molecular formula is C21H20N8O. The Balaban J connectivity index is 1.39. The topological polar surface area (TPSA) is 127 Å². The number of aromatic nitrogens is 5.